The predicted octanol–water partition coefficient (Wildman–Crippen LogP) is 2.84. The van der Waals surface area contributed by atoms with E-state index in [4.69, 9.17) is 0 Å². The van der Waals surface area contributed by atoms with Crippen molar-refractivity contribution >= 4 is 5.69 Å². The van der Waals surface area contributed by atoms with Gasteiger partial charge in [-0.25, -0.2) is 4.39 Å². The molecule has 0 aliphatic rings. The second-order valence-electron chi connectivity index (χ2n) is 4.05. The third kappa shape index (κ3) is 3.00. The Hall–Kier alpha value is -1.49. The normalized spacial score (nSPS) is 14.4. The summed E-state index contributed by atoms with van der Waals surface area (Å²) in [5.74, 6) is -0.551. The number of nitro benzene ring substituents is 1. The minimum atomic E-state index is -0.465. The minimum Gasteiger partial charge on any atom is -0.316 e. The van der Waals surface area contributed by atoms with Crippen LogP contribution in [-0.4, -0.2) is 18.0 Å². The molecule has 5 heteroatoms. The second-order valence-corrected chi connectivity index (χ2v) is 4.05. The number of benzene rings is 1. The van der Waals surface area contributed by atoms with Crippen LogP contribution in [0.15, 0.2) is 18.2 Å². The molecule has 0 radical (unpaired) electrons. The number of hydrogen-bond donors (Lipinski definition) is 1. The highest BCUT2D eigenvalue weighted by Gasteiger charge is 2.24. The largest absolute Gasteiger partial charge is 0.316 e. The first kappa shape index (κ1) is 13.6. The molecule has 0 saturated heterocycles. The average molecular weight is 240 g/mol. The van der Waals surface area contributed by atoms with Crippen LogP contribution in [0.2, 0.25) is 0 Å². The maximum Gasteiger partial charge on any atom is 0.273 e. The fourth-order valence-corrected chi connectivity index (χ4v) is 2.08. The van der Waals surface area contributed by atoms with Crippen LogP contribution in [0.25, 0.3) is 0 Å². The van der Waals surface area contributed by atoms with Gasteiger partial charge in [0.15, 0.2) is 0 Å². The Morgan fingerprint density at radius 1 is 1.53 bits per heavy atom. The molecule has 0 bridgehead atoms. The van der Waals surface area contributed by atoms with Gasteiger partial charge in [0, 0.05) is 23.6 Å². The summed E-state index contributed by atoms with van der Waals surface area (Å²) in [5, 5.41) is 14.0. The van der Waals surface area contributed by atoms with Crippen LogP contribution in [0.4, 0.5) is 10.1 Å². The zero-order valence-electron chi connectivity index (χ0n) is 10.2. The van der Waals surface area contributed by atoms with Gasteiger partial charge in [0.1, 0.15) is 5.82 Å². The standard InChI is InChI=1S/C12H17FN2O2/c1-4-11(14-3)8(2)10-7-9(13)5-6-12(10)15(16)17/h5-8,11,14H,4H2,1-3H3. The van der Waals surface area contributed by atoms with E-state index in [0.29, 0.717) is 5.56 Å². The van der Waals surface area contributed by atoms with Crippen molar-refractivity contribution in [2.24, 2.45) is 0 Å². The molecule has 0 aliphatic heterocycles. The smallest absolute Gasteiger partial charge is 0.273 e. The SMILES string of the molecule is CCC(NC)C(C)c1cc(F)ccc1[N+](=O)[O-]. The first-order valence-electron chi connectivity index (χ1n) is 5.62. The lowest BCUT2D eigenvalue weighted by molar-refractivity contribution is -0.385. The van der Waals surface area contributed by atoms with E-state index in [-0.39, 0.29) is 17.6 Å². The summed E-state index contributed by atoms with van der Waals surface area (Å²) in [7, 11) is 1.80. The van der Waals surface area contributed by atoms with E-state index >= 15 is 0 Å². The van der Waals surface area contributed by atoms with Gasteiger partial charge in [-0.05, 0) is 25.6 Å². The number of hydrogen-bond acceptors (Lipinski definition) is 3. The van der Waals surface area contributed by atoms with Gasteiger partial charge in [-0.2, -0.15) is 0 Å². The lowest BCUT2D eigenvalue weighted by Gasteiger charge is -2.22. The van der Waals surface area contributed by atoms with Crippen LogP contribution in [0, 0.1) is 15.9 Å². The van der Waals surface area contributed by atoms with Crippen LogP contribution >= 0.6 is 0 Å². The Kier molecular flexibility index (Phi) is 4.57. The average Bonchev–Trinajstić information content (AvgIpc) is 2.29. The van der Waals surface area contributed by atoms with Crippen molar-refractivity contribution in [3.8, 4) is 0 Å². The van der Waals surface area contributed by atoms with Gasteiger partial charge in [-0.15, -0.1) is 0 Å². The van der Waals surface area contributed by atoms with Crippen molar-refractivity contribution < 1.29 is 9.31 Å². The van der Waals surface area contributed by atoms with Gasteiger partial charge in [0.2, 0.25) is 0 Å². The van der Waals surface area contributed by atoms with Gasteiger partial charge < -0.3 is 5.32 Å². The molecule has 1 N–H and O–H groups in total. The van der Waals surface area contributed by atoms with Gasteiger partial charge >= 0.3 is 0 Å². The molecule has 0 saturated carbocycles. The third-order valence-corrected chi connectivity index (χ3v) is 3.09. The molecule has 2 atom stereocenters. The van der Waals surface area contributed by atoms with Crippen LogP contribution in [0.3, 0.4) is 0 Å². The molecule has 0 amide bonds. The van der Waals surface area contributed by atoms with Crippen LogP contribution < -0.4 is 5.32 Å². The summed E-state index contributed by atoms with van der Waals surface area (Å²) >= 11 is 0. The van der Waals surface area contributed by atoms with Gasteiger partial charge in [-0.1, -0.05) is 13.8 Å². The van der Waals surface area contributed by atoms with Gasteiger partial charge in [-0.3, -0.25) is 10.1 Å². The summed E-state index contributed by atoms with van der Waals surface area (Å²) in [6, 6.07) is 3.69. The minimum absolute atomic E-state index is 0.0207. The molecule has 0 aliphatic carbocycles. The fraction of sp³-hybridized carbons (Fsp3) is 0.500. The monoisotopic (exact) mass is 240 g/mol. The lowest BCUT2D eigenvalue weighted by atomic mass is 9.90. The Bertz CT molecular complexity index is 405. The molecular weight excluding hydrogens is 223 g/mol. The molecule has 1 aromatic carbocycles. The van der Waals surface area contributed by atoms with E-state index in [2.05, 4.69) is 5.32 Å². The first-order valence-corrected chi connectivity index (χ1v) is 5.62. The Morgan fingerprint density at radius 2 is 2.18 bits per heavy atom. The van der Waals surface area contributed by atoms with Crippen molar-refractivity contribution in [3.63, 3.8) is 0 Å². The van der Waals surface area contributed by atoms with Crippen molar-refractivity contribution in [2.75, 3.05) is 7.05 Å². The fourth-order valence-electron chi connectivity index (χ4n) is 2.08. The highest BCUT2D eigenvalue weighted by Crippen LogP contribution is 2.30. The molecule has 1 aromatic rings. The Morgan fingerprint density at radius 3 is 2.65 bits per heavy atom. The van der Waals surface area contributed by atoms with Crippen molar-refractivity contribution in [3.05, 3.63) is 39.7 Å². The molecule has 2 unspecified atom stereocenters. The number of halogens is 1. The molecule has 94 valence electrons. The summed E-state index contributed by atoms with van der Waals surface area (Å²) < 4.78 is 13.2. The lowest BCUT2D eigenvalue weighted by Crippen LogP contribution is -2.30. The summed E-state index contributed by atoms with van der Waals surface area (Å²) in [6.45, 7) is 3.86. The van der Waals surface area contributed by atoms with E-state index in [1.54, 1.807) is 7.05 Å². The van der Waals surface area contributed by atoms with E-state index < -0.39 is 10.7 Å². The zero-order valence-corrected chi connectivity index (χ0v) is 10.2. The highest BCUT2D eigenvalue weighted by atomic mass is 19.1. The highest BCUT2D eigenvalue weighted by molar-refractivity contribution is 5.43. The zero-order chi connectivity index (χ0) is 13.0. The van der Waals surface area contributed by atoms with Crippen molar-refractivity contribution in [1.29, 1.82) is 0 Å². The molecular formula is C12H17FN2O2. The number of nitrogens with zero attached hydrogens (tertiary/aromatic N) is 1. The molecule has 0 fully saturated rings. The summed E-state index contributed by atoms with van der Waals surface area (Å²) in [6.07, 6.45) is 0.825. The predicted molar refractivity (Wildman–Crippen MR) is 64.6 cm³/mol. The van der Waals surface area contributed by atoms with E-state index in [1.165, 1.54) is 12.1 Å². The molecule has 17 heavy (non-hydrogen) atoms. The quantitative estimate of drug-likeness (QED) is 0.636. The van der Waals surface area contributed by atoms with Crippen molar-refractivity contribution in [1.82, 2.24) is 5.32 Å². The molecule has 4 nitrogen and oxygen atoms in total. The summed E-state index contributed by atoms with van der Waals surface area (Å²) in [5.41, 5.74) is 0.420. The molecule has 0 heterocycles. The molecule has 1 rings (SSSR count). The van der Waals surface area contributed by atoms with E-state index in [9.17, 15) is 14.5 Å². The molecule has 0 spiro atoms. The second kappa shape index (κ2) is 5.72. The van der Waals surface area contributed by atoms with Crippen LogP contribution in [0.1, 0.15) is 31.7 Å². The Balaban J connectivity index is 3.18. The number of likely N-dealkylation sites (N-methyl/N-ethyl adjacent to an activating group) is 1. The van der Waals surface area contributed by atoms with E-state index in [1.807, 2.05) is 13.8 Å². The third-order valence-electron chi connectivity index (χ3n) is 3.09. The van der Waals surface area contributed by atoms with Gasteiger partial charge in [0.05, 0.1) is 4.92 Å². The number of rotatable bonds is 5. The van der Waals surface area contributed by atoms with E-state index in [0.717, 1.165) is 12.5 Å². The molecule has 0 aromatic heterocycles. The maximum atomic E-state index is 13.2. The summed E-state index contributed by atoms with van der Waals surface area (Å²) in [4.78, 5) is 10.4. The number of nitrogens with one attached hydrogen (secondary N) is 1. The van der Waals surface area contributed by atoms with Crippen LogP contribution in [-0.2, 0) is 0 Å². The maximum absolute atomic E-state index is 13.2. The van der Waals surface area contributed by atoms with Crippen molar-refractivity contribution in [2.45, 2.75) is 32.2 Å². The first-order chi connectivity index (χ1) is 8.01. The topological polar surface area (TPSA) is 55.2 Å². The van der Waals surface area contributed by atoms with Gasteiger partial charge in [0.25, 0.3) is 5.69 Å². The van der Waals surface area contributed by atoms with Crippen LogP contribution in [0.5, 0.6) is 0 Å². The Labute approximate surface area is 100.0 Å². The number of nitro groups is 1.